The van der Waals surface area contributed by atoms with Crippen molar-refractivity contribution < 1.29 is 0 Å². The summed E-state index contributed by atoms with van der Waals surface area (Å²) in [5.74, 6) is 2.96. The van der Waals surface area contributed by atoms with E-state index in [1.165, 1.54) is 36.8 Å². The van der Waals surface area contributed by atoms with Gasteiger partial charge in [0.25, 0.3) is 0 Å². The summed E-state index contributed by atoms with van der Waals surface area (Å²) in [4.78, 5) is 0. The Morgan fingerprint density at radius 1 is 1.07 bits per heavy atom. The Morgan fingerprint density at radius 3 is 2.53 bits per heavy atom. The van der Waals surface area contributed by atoms with Crippen molar-refractivity contribution in [2.24, 2.45) is 11.8 Å². The minimum absolute atomic E-state index is 0.893. The van der Waals surface area contributed by atoms with E-state index >= 15 is 0 Å². The standard InChI is InChI=1S/C15H20/c1-10-3-6-14(11(2)7-10)15-9-12-4-5-13(15)8-12/h3,6-7,12-13,15H,4-5,8-9H2,1-2H3/t12-,13+,15?/m1/s1. The van der Waals surface area contributed by atoms with Crippen LogP contribution in [0.5, 0.6) is 0 Å². The van der Waals surface area contributed by atoms with E-state index in [9.17, 15) is 0 Å². The second-order valence-electron chi connectivity index (χ2n) is 5.64. The van der Waals surface area contributed by atoms with Gasteiger partial charge < -0.3 is 0 Å². The van der Waals surface area contributed by atoms with Gasteiger partial charge in [0.15, 0.2) is 0 Å². The highest BCUT2D eigenvalue weighted by Gasteiger charge is 2.40. The number of hydrogen-bond donors (Lipinski definition) is 0. The first kappa shape index (κ1) is 9.45. The van der Waals surface area contributed by atoms with Crippen molar-refractivity contribution in [1.82, 2.24) is 0 Å². The molecule has 0 nitrogen and oxygen atoms in total. The van der Waals surface area contributed by atoms with Crippen molar-refractivity contribution in [3.05, 3.63) is 34.9 Å². The first-order valence-electron chi connectivity index (χ1n) is 6.31. The number of benzene rings is 1. The molecule has 0 aromatic heterocycles. The van der Waals surface area contributed by atoms with Crippen molar-refractivity contribution in [3.63, 3.8) is 0 Å². The second-order valence-corrected chi connectivity index (χ2v) is 5.64. The lowest BCUT2D eigenvalue weighted by Gasteiger charge is -2.23. The van der Waals surface area contributed by atoms with Gasteiger partial charge in [-0.25, -0.2) is 0 Å². The molecule has 3 rings (SSSR count). The van der Waals surface area contributed by atoms with Gasteiger partial charge in [-0.2, -0.15) is 0 Å². The van der Waals surface area contributed by atoms with Crippen LogP contribution in [-0.2, 0) is 0 Å². The maximum atomic E-state index is 2.38. The first-order chi connectivity index (χ1) is 7.24. The Labute approximate surface area is 92.7 Å². The molecule has 2 aliphatic carbocycles. The van der Waals surface area contributed by atoms with Crippen LogP contribution in [0.25, 0.3) is 0 Å². The summed E-state index contributed by atoms with van der Waals surface area (Å²) >= 11 is 0. The summed E-state index contributed by atoms with van der Waals surface area (Å²) in [7, 11) is 0. The van der Waals surface area contributed by atoms with Crippen LogP contribution < -0.4 is 0 Å². The zero-order chi connectivity index (χ0) is 10.4. The predicted octanol–water partition coefficient (Wildman–Crippen LogP) is 4.21. The van der Waals surface area contributed by atoms with Gasteiger partial charge >= 0.3 is 0 Å². The van der Waals surface area contributed by atoms with Crippen LogP contribution in [0.2, 0.25) is 0 Å². The van der Waals surface area contributed by atoms with Crippen LogP contribution in [0.3, 0.4) is 0 Å². The van der Waals surface area contributed by atoms with Crippen molar-refractivity contribution in [2.45, 2.75) is 45.4 Å². The maximum absolute atomic E-state index is 2.38. The van der Waals surface area contributed by atoms with Crippen molar-refractivity contribution in [1.29, 1.82) is 0 Å². The molecule has 0 radical (unpaired) electrons. The lowest BCUT2D eigenvalue weighted by atomic mass is 9.81. The number of hydrogen-bond acceptors (Lipinski definition) is 0. The highest BCUT2D eigenvalue weighted by molar-refractivity contribution is 5.34. The molecule has 80 valence electrons. The Kier molecular flexibility index (Phi) is 2.12. The van der Waals surface area contributed by atoms with Crippen LogP contribution in [0.4, 0.5) is 0 Å². The first-order valence-corrected chi connectivity index (χ1v) is 6.31. The third-order valence-electron chi connectivity index (χ3n) is 4.56. The molecule has 1 aromatic carbocycles. The Balaban J connectivity index is 1.93. The number of aryl methyl sites for hydroxylation is 2. The minimum Gasteiger partial charge on any atom is -0.0590 e. The molecule has 2 fully saturated rings. The molecular formula is C15H20. The van der Waals surface area contributed by atoms with Crippen molar-refractivity contribution in [3.8, 4) is 0 Å². The van der Waals surface area contributed by atoms with Crippen LogP contribution in [0, 0.1) is 25.7 Å². The third kappa shape index (κ3) is 1.51. The van der Waals surface area contributed by atoms with E-state index in [-0.39, 0.29) is 0 Å². The molecule has 15 heavy (non-hydrogen) atoms. The summed E-state index contributed by atoms with van der Waals surface area (Å²) in [5, 5.41) is 0. The smallest absolute Gasteiger partial charge is 0.0128 e. The summed E-state index contributed by atoms with van der Waals surface area (Å²) in [5.41, 5.74) is 4.57. The van der Waals surface area contributed by atoms with Gasteiger partial charge in [0.2, 0.25) is 0 Å². The molecule has 0 spiro atoms. The van der Waals surface area contributed by atoms with E-state index in [1.54, 1.807) is 5.56 Å². The summed E-state index contributed by atoms with van der Waals surface area (Å²) < 4.78 is 0. The highest BCUT2D eigenvalue weighted by Crippen LogP contribution is 2.53. The largest absolute Gasteiger partial charge is 0.0590 e. The van der Waals surface area contributed by atoms with Gasteiger partial charge in [-0.15, -0.1) is 0 Å². The Hall–Kier alpha value is -0.780. The van der Waals surface area contributed by atoms with E-state index in [4.69, 9.17) is 0 Å². The van der Waals surface area contributed by atoms with E-state index in [0.29, 0.717) is 0 Å². The molecule has 0 amide bonds. The molecule has 2 aliphatic rings. The monoisotopic (exact) mass is 200 g/mol. The fourth-order valence-corrected chi connectivity index (χ4v) is 3.87. The van der Waals surface area contributed by atoms with E-state index in [1.807, 2.05) is 0 Å². The SMILES string of the molecule is Cc1ccc(C2C[C@@H]3CC[C@H]2C3)c(C)c1. The van der Waals surface area contributed by atoms with Gasteiger partial charge in [0.05, 0.1) is 0 Å². The van der Waals surface area contributed by atoms with E-state index < -0.39 is 0 Å². The molecule has 3 atom stereocenters. The van der Waals surface area contributed by atoms with Crippen LogP contribution >= 0.6 is 0 Å². The van der Waals surface area contributed by atoms with Gasteiger partial charge in [-0.3, -0.25) is 0 Å². The van der Waals surface area contributed by atoms with E-state index in [0.717, 1.165) is 17.8 Å². The molecule has 1 unspecified atom stereocenters. The Morgan fingerprint density at radius 2 is 1.93 bits per heavy atom. The average Bonchev–Trinajstić information content (AvgIpc) is 2.78. The van der Waals surface area contributed by atoms with E-state index in [2.05, 4.69) is 32.0 Å². The Bertz CT molecular complexity index is 378. The molecule has 0 N–H and O–H groups in total. The number of rotatable bonds is 1. The molecule has 1 aromatic rings. The molecule has 2 bridgehead atoms. The average molecular weight is 200 g/mol. The summed E-state index contributed by atoms with van der Waals surface area (Å²) in [6, 6.07) is 7.02. The number of fused-ring (bicyclic) bond motifs is 2. The molecule has 0 heterocycles. The van der Waals surface area contributed by atoms with Crippen LogP contribution in [-0.4, -0.2) is 0 Å². The van der Waals surface area contributed by atoms with Gasteiger partial charge in [-0.1, -0.05) is 30.2 Å². The summed E-state index contributed by atoms with van der Waals surface area (Å²) in [6.07, 6.45) is 5.97. The quantitative estimate of drug-likeness (QED) is 0.637. The van der Waals surface area contributed by atoms with Gasteiger partial charge in [0.1, 0.15) is 0 Å². The lowest BCUT2D eigenvalue weighted by molar-refractivity contribution is 0.419. The molecule has 0 saturated heterocycles. The van der Waals surface area contributed by atoms with Gasteiger partial charge in [0, 0.05) is 0 Å². The molecule has 0 aliphatic heterocycles. The lowest BCUT2D eigenvalue weighted by Crippen LogP contribution is -2.09. The normalized spacial score (nSPS) is 33.6. The zero-order valence-corrected chi connectivity index (χ0v) is 9.79. The fourth-order valence-electron chi connectivity index (χ4n) is 3.87. The maximum Gasteiger partial charge on any atom is -0.0128 e. The molecular weight excluding hydrogens is 180 g/mol. The van der Waals surface area contributed by atoms with Gasteiger partial charge in [-0.05, 0) is 62.0 Å². The third-order valence-corrected chi connectivity index (χ3v) is 4.56. The zero-order valence-electron chi connectivity index (χ0n) is 9.79. The molecule has 2 saturated carbocycles. The predicted molar refractivity (Wildman–Crippen MR) is 64.1 cm³/mol. The second kappa shape index (κ2) is 3.37. The van der Waals surface area contributed by atoms with Crippen molar-refractivity contribution >= 4 is 0 Å². The topological polar surface area (TPSA) is 0 Å². The minimum atomic E-state index is 0.893. The summed E-state index contributed by atoms with van der Waals surface area (Å²) in [6.45, 7) is 4.48. The van der Waals surface area contributed by atoms with Crippen molar-refractivity contribution in [2.75, 3.05) is 0 Å². The van der Waals surface area contributed by atoms with Crippen LogP contribution in [0.15, 0.2) is 18.2 Å². The highest BCUT2D eigenvalue weighted by atomic mass is 14.4. The fraction of sp³-hybridized carbons (Fsp3) is 0.600. The van der Waals surface area contributed by atoms with Crippen LogP contribution in [0.1, 0.15) is 48.3 Å². The molecule has 0 heteroatoms.